The molecular weight excluding hydrogens is 212 g/mol. The summed E-state index contributed by atoms with van der Waals surface area (Å²) in [6.07, 6.45) is 1.38. The van der Waals surface area contributed by atoms with Crippen molar-refractivity contribution in [1.82, 2.24) is 4.90 Å². The van der Waals surface area contributed by atoms with Crippen LogP contribution in [-0.4, -0.2) is 38.2 Å². The van der Waals surface area contributed by atoms with Crippen molar-refractivity contribution in [2.24, 2.45) is 0 Å². The van der Waals surface area contributed by atoms with Crippen LogP contribution in [0.1, 0.15) is 20.3 Å². The molecule has 0 fully saturated rings. The maximum Gasteiger partial charge on any atom is 0.119 e. The van der Waals surface area contributed by atoms with Crippen molar-refractivity contribution in [1.29, 1.82) is 0 Å². The van der Waals surface area contributed by atoms with Gasteiger partial charge in [-0.05, 0) is 65.2 Å². The number of ether oxygens (including phenoxy) is 1. The SMILES string of the molecule is CC(C)Oc1ccc(NCCCN(C)C)cc1. The molecule has 3 nitrogen and oxygen atoms in total. The van der Waals surface area contributed by atoms with Gasteiger partial charge in [0.25, 0.3) is 0 Å². The zero-order chi connectivity index (χ0) is 12.7. The van der Waals surface area contributed by atoms with Crippen LogP contribution in [0.4, 0.5) is 5.69 Å². The van der Waals surface area contributed by atoms with E-state index in [1.165, 1.54) is 0 Å². The fourth-order valence-corrected chi connectivity index (χ4v) is 1.55. The van der Waals surface area contributed by atoms with E-state index in [4.69, 9.17) is 4.74 Å². The van der Waals surface area contributed by atoms with E-state index < -0.39 is 0 Å². The lowest BCUT2D eigenvalue weighted by Crippen LogP contribution is -2.16. The summed E-state index contributed by atoms with van der Waals surface area (Å²) in [5.74, 6) is 0.929. The van der Waals surface area contributed by atoms with Gasteiger partial charge < -0.3 is 15.0 Å². The van der Waals surface area contributed by atoms with Crippen molar-refractivity contribution in [2.75, 3.05) is 32.5 Å². The van der Waals surface area contributed by atoms with Gasteiger partial charge in [0.05, 0.1) is 6.10 Å². The Morgan fingerprint density at radius 2 is 1.82 bits per heavy atom. The molecule has 0 aliphatic rings. The highest BCUT2D eigenvalue weighted by Crippen LogP contribution is 2.16. The van der Waals surface area contributed by atoms with Gasteiger partial charge in [-0.2, -0.15) is 0 Å². The third kappa shape index (κ3) is 6.17. The first-order valence-electron chi connectivity index (χ1n) is 6.23. The van der Waals surface area contributed by atoms with Crippen LogP contribution in [0.3, 0.4) is 0 Å². The number of anilines is 1. The van der Waals surface area contributed by atoms with Crippen molar-refractivity contribution < 1.29 is 4.74 Å². The molecule has 0 amide bonds. The summed E-state index contributed by atoms with van der Waals surface area (Å²) in [5.41, 5.74) is 1.15. The summed E-state index contributed by atoms with van der Waals surface area (Å²) in [5, 5.41) is 3.40. The maximum atomic E-state index is 5.59. The molecule has 3 heteroatoms. The summed E-state index contributed by atoms with van der Waals surface area (Å²) < 4.78 is 5.59. The summed E-state index contributed by atoms with van der Waals surface area (Å²) in [7, 11) is 4.19. The second-order valence-corrected chi connectivity index (χ2v) is 4.77. The van der Waals surface area contributed by atoms with Crippen LogP contribution < -0.4 is 10.1 Å². The third-order valence-electron chi connectivity index (χ3n) is 2.34. The molecule has 0 saturated carbocycles. The summed E-state index contributed by atoms with van der Waals surface area (Å²) in [4.78, 5) is 2.20. The molecule has 1 aromatic carbocycles. The Morgan fingerprint density at radius 1 is 1.18 bits per heavy atom. The standard InChI is InChI=1S/C14H24N2O/c1-12(2)17-14-8-6-13(7-9-14)15-10-5-11-16(3)4/h6-9,12,15H,5,10-11H2,1-4H3. The third-order valence-corrected chi connectivity index (χ3v) is 2.34. The molecule has 0 spiro atoms. The lowest BCUT2D eigenvalue weighted by atomic mass is 10.3. The van der Waals surface area contributed by atoms with Gasteiger partial charge in [0.15, 0.2) is 0 Å². The van der Waals surface area contributed by atoms with E-state index in [2.05, 4.69) is 36.4 Å². The lowest BCUT2D eigenvalue weighted by Gasteiger charge is -2.12. The Balaban J connectivity index is 2.30. The Labute approximate surface area is 105 Å². The molecule has 17 heavy (non-hydrogen) atoms. The van der Waals surface area contributed by atoms with Crippen LogP contribution in [0.2, 0.25) is 0 Å². The van der Waals surface area contributed by atoms with Gasteiger partial charge in [-0.3, -0.25) is 0 Å². The average Bonchev–Trinajstić information content (AvgIpc) is 2.25. The minimum absolute atomic E-state index is 0.230. The minimum Gasteiger partial charge on any atom is -0.491 e. The van der Waals surface area contributed by atoms with E-state index in [0.717, 1.165) is 30.9 Å². The van der Waals surface area contributed by atoms with Crippen molar-refractivity contribution >= 4 is 5.69 Å². The van der Waals surface area contributed by atoms with Crippen LogP contribution in [0.15, 0.2) is 24.3 Å². The first-order valence-corrected chi connectivity index (χ1v) is 6.23. The maximum absolute atomic E-state index is 5.59. The van der Waals surface area contributed by atoms with Crippen LogP contribution >= 0.6 is 0 Å². The van der Waals surface area contributed by atoms with E-state index in [9.17, 15) is 0 Å². The Hall–Kier alpha value is -1.22. The van der Waals surface area contributed by atoms with Crippen molar-refractivity contribution in [2.45, 2.75) is 26.4 Å². The second kappa shape index (κ2) is 7.17. The Kier molecular flexibility index (Phi) is 5.84. The van der Waals surface area contributed by atoms with Gasteiger partial charge in [0.2, 0.25) is 0 Å². The Morgan fingerprint density at radius 3 is 2.35 bits per heavy atom. The van der Waals surface area contributed by atoms with Gasteiger partial charge in [-0.25, -0.2) is 0 Å². The molecule has 1 rings (SSSR count). The highest BCUT2D eigenvalue weighted by Gasteiger charge is 1.97. The number of hydrogen-bond donors (Lipinski definition) is 1. The molecule has 0 saturated heterocycles. The summed E-state index contributed by atoms with van der Waals surface area (Å²) >= 11 is 0. The molecule has 1 N–H and O–H groups in total. The Bertz CT molecular complexity index is 307. The quantitative estimate of drug-likeness (QED) is 0.737. The number of nitrogens with zero attached hydrogens (tertiary/aromatic N) is 1. The first kappa shape index (κ1) is 13.8. The monoisotopic (exact) mass is 236 g/mol. The van der Waals surface area contributed by atoms with Gasteiger partial charge >= 0.3 is 0 Å². The van der Waals surface area contributed by atoms with Gasteiger partial charge in [0.1, 0.15) is 5.75 Å². The van der Waals surface area contributed by atoms with E-state index >= 15 is 0 Å². The predicted octanol–water partition coefficient (Wildman–Crippen LogP) is 2.84. The highest BCUT2D eigenvalue weighted by atomic mass is 16.5. The first-order chi connectivity index (χ1) is 8.08. The molecule has 0 radical (unpaired) electrons. The lowest BCUT2D eigenvalue weighted by molar-refractivity contribution is 0.242. The topological polar surface area (TPSA) is 24.5 Å². The molecule has 1 aromatic rings. The number of rotatable bonds is 7. The van der Waals surface area contributed by atoms with Crippen molar-refractivity contribution in [3.8, 4) is 5.75 Å². The van der Waals surface area contributed by atoms with Gasteiger partial charge in [-0.15, -0.1) is 0 Å². The second-order valence-electron chi connectivity index (χ2n) is 4.77. The minimum atomic E-state index is 0.230. The molecule has 0 aliphatic carbocycles. The summed E-state index contributed by atoms with van der Waals surface area (Å²) in [6, 6.07) is 8.14. The van der Waals surface area contributed by atoms with Gasteiger partial charge in [-0.1, -0.05) is 0 Å². The van der Waals surface area contributed by atoms with E-state index in [1.807, 2.05) is 26.0 Å². The molecule has 0 aliphatic heterocycles. The molecule has 0 atom stereocenters. The number of hydrogen-bond acceptors (Lipinski definition) is 3. The number of nitrogens with one attached hydrogen (secondary N) is 1. The zero-order valence-electron chi connectivity index (χ0n) is 11.4. The number of benzene rings is 1. The average molecular weight is 236 g/mol. The van der Waals surface area contributed by atoms with Crippen molar-refractivity contribution in [3.05, 3.63) is 24.3 Å². The predicted molar refractivity (Wildman–Crippen MR) is 73.9 cm³/mol. The molecule has 0 bridgehead atoms. The smallest absolute Gasteiger partial charge is 0.119 e. The van der Waals surface area contributed by atoms with Crippen LogP contribution in [0.25, 0.3) is 0 Å². The van der Waals surface area contributed by atoms with Crippen LogP contribution in [0, 0.1) is 0 Å². The fraction of sp³-hybridized carbons (Fsp3) is 0.571. The van der Waals surface area contributed by atoms with E-state index in [0.29, 0.717) is 0 Å². The molecule has 0 unspecified atom stereocenters. The van der Waals surface area contributed by atoms with Gasteiger partial charge in [0, 0.05) is 12.2 Å². The van der Waals surface area contributed by atoms with E-state index in [-0.39, 0.29) is 6.10 Å². The normalized spacial score (nSPS) is 10.9. The van der Waals surface area contributed by atoms with E-state index in [1.54, 1.807) is 0 Å². The molecular formula is C14H24N2O. The fourth-order valence-electron chi connectivity index (χ4n) is 1.55. The highest BCUT2D eigenvalue weighted by molar-refractivity contribution is 5.46. The van der Waals surface area contributed by atoms with Crippen molar-refractivity contribution in [3.63, 3.8) is 0 Å². The molecule has 96 valence electrons. The molecule has 0 aromatic heterocycles. The van der Waals surface area contributed by atoms with Crippen LogP contribution in [0.5, 0.6) is 5.75 Å². The molecule has 0 heterocycles. The summed E-state index contributed by atoms with van der Waals surface area (Å²) in [6.45, 7) is 6.19. The zero-order valence-corrected chi connectivity index (χ0v) is 11.4. The van der Waals surface area contributed by atoms with Crippen LogP contribution in [-0.2, 0) is 0 Å². The largest absolute Gasteiger partial charge is 0.491 e.